The van der Waals surface area contributed by atoms with E-state index in [9.17, 15) is 5.11 Å². The number of hydrogen-bond acceptors (Lipinski definition) is 4. The van der Waals surface area contributed by atoms with E-state index >= 15 is 0 Å². The van der Waals surface area contributed by atoms with Crippen LogP contribution in [0.2, 0.25) is 0 Å². The minimum absolute atomic E-state index is 0.335. The number of fused-ring (bicyclic) bond motifs is 1. The molecule has 114 valence electrons. The number of aromatic nitrogens is 1. The molecule has 1 aromatic rings. The van der Waals surface area contributed by atoms with Gasteiger partial charge < -0.3 is 15.7 Å². The van der Waals surface area contributed by atoms with Crippen molar-refractivity contribution in [2.45, 2.75) is 44.6 Å². The second-order valence-electron chi connectivity index (χ2n) is 6.43. The molecule has 2 fully saturated rings. The molecule has 1 aliphatic carbocycles. The lowest BCUT2D eigenvalue weighted by Crippen LogP contribution is -2.53. The van der Waals surface area contributed by atoms with Gasteiger partial charge in [0, 0.05) is 25.2 Å². The largest absolute Gasteiger partial charge is 0.389 e. The van der Waals surface area contributed by atoms with Gasteiger partial charge in [0.05, 0.1) is 11.2 Å². The maximum atomic E-state index is 10.8. The molecule has 1 saturated heterocycles. The van der Waals surface area contributed by atoms with Crippen molar-refractivity contribution in [2.75, 3.05) is 18.0 Å². The highest BCUT2D eigenvalue weighted by atomic mass is 32.1. The number of piperidine rings is 1. The topological polar surface area (TPSA) is 62.4 Å². The van der Waals surface area contributed by atoms with Crippen LogP contribution in [-0.2, 0) is 0 Å². The van der Waals surface area contributed by atoms with Crippen LogP contribution in [-0.4, -0.2) is 33.8 Å². The van der Waals surface area contributed by atoms with Crippen molar-refractivity contribution in [2.24, 2.45) is 11.7 Å². The summed E-state index contributed by atoms with van der Waals surface area (Å²) in [7, 11) is 0. The molecule has 2 aliphatic rings. The Hall–Kier alpha value is -1.20. The number of pyridine rings is 1. The molecule has 1 aromatic heterocycles. The zero-order chi connectivity index (χ0) is 15.0. The molecule has 21 heavy (non-hydrogen) atoms. The quantitative estimate of drug-likeness (QED) is 0.820. The van der Waals surface area contributed by atoms with Gasteiger partial charge in [-0.25, -0.2) is 4.98 Å². The van der Waals surface area contributed by atoms with Crippen LogP contribution in [0.5, 0.6) is 0 Å². The van der Waals surface area contributed by atoms with Gasteiger partial charge in [0.25, 0.3) is 0 Å². The summed E-state index contributed by atoms with van der Waals surface area (Å²) in [6, 6.07) is 1.94. The molecule has 0 aromatic carbocycles. The number of hydrogen-bond donors (Lipinski definition) is 2. The van der Waals surface area contributed by atoms with Crippen molar-refractivity contribution in [3.05, 3.63) is 23.4 Å². The predicted molar refractivity (Wildman–Crippen MR) is 88.6 cm³/mol. The molecule has 3 rings (SSSR count). The van der Waals surface area contributed by atoms with Crippen LogP contribution in [0, 0.1) is 12.8 Å². The summed E-state index contributed by atoms with van der Waals surface area (Å²) in [5.41, 5.74) is 7.37. The van der Waals surface area contributed by atoms with Crippen molar-refractivity contribution in [1.29, 1.82) is 0 Å². The van der Waals surface area contributed by atoms with Crippen LogP contribution in [0.1, 0.15) is 43.2 Å². The molecule has 2 unspecified atom stereocenters. The van der Waals surface area contributed by atoms with E-state index in [1.807, 2.05) is 19.2 Å². The zero-order valence-corrected chi connectivity index (χ0v) is 13.3. The Bertz CT molecular complexity index is 562. The average Bonchev–Trinajstić information content (AvgIpc) is 2.45. The fourth-order valence-electron chi connectivity index (χ4n) is 3.85. The van der Waals surface area contributed by atoms with Crippen LogP contribution in [0.3, 0.4) is 0 Å². The summed E-state index contributed by atoms with van der Waals surface area (Å²) in [5.74, 6) is 1.22. The van der Waals surface area contributed by atoms with Gasteiger partial charge in [-0.15, -0.1) is 0 Å². The molecular formula is C16H23N3OS. The molecule has 0 bridgehead atoms. The maximum absolute atomic E-state index is 10.8. The van der Waals surface area contributed by atoms with E-state index in [4.69, 9.17) is 18.0 Å². The number of anilines is 1. The molecule has 0 spiro atoms. The van der Waals surface area contributed by atoms with Gasteiger partial charge in [0.15, 0.2) is 0 Å². The normalized spacial score (nSPS) is 29.0. The third-order valence-electron chi connectivity index (χ3n) is 5.11. The summed E-state index contributed by atoms with van der Waals surface area (Å²) in [6.45, 7) is 3.68. The van der Waals surface area contributed by atoms with Crippen LogP contribution >= 0.6 is 12.2 Å². The Balaban J connectivity index is 1.89. The van der Waals surface area contributed by atoms with Crippen molar-refractivity contribution in [3.8, 4) is 0 Å². The second kappa shape index (κ2) is 5.54. The molecule has 3 N–H and O–H groups in total. The SMILES string of the molecule is Cc1ccnc(N2CCC3(O)CCCCC3C2)c1C(N)=S. The molecular weight excluding hydrogens is 282 g/mol. The minimum Gasteiger partial charge on any atom is -0.389 e. The average molecular weight is 305 g/mol. The highest BCUT2D eigenvalue weighted by Crippen LogP contribution is 2.41. The monoisotopic (exact) mass is 305 g/mol. The molecule has 4 nitrogen and oxygen atoms in total. The van der Waals surface area contributed by atoms with Crippen LogP contribution in [0.25, 0.3) is 0 Å². The Labute approximate surface area is 131 Å². The maximum Gasteiger partial charge on any atom is 0.139 e. The van der Waals surface area contributed by atoms with E-state index < -0.39 is 5.60 Å². The zero-order valence-electron chi connectivity index (χ0n) is 12.5. The summed E-state index contributed by atoms with van der Waals surface area (Å²) in [5, 5.41) is 10.8. The van der Waals surface area contributed by atoms with Gasteiger partial charge >= 0.3 is 0 Å². The van der Waals surface area contributed by atoms with Gasteiger partial charge in [-0.3, -0.25) is 0 Å². The Morgan fingerprint density at radius 3 is 3.05 bits per heavy atom. The van der Waals surface area contributed by atoms with Crippen LogP contribution in [0.15, 0.2) is 12.3 Å². The first-order valence-corrected chi connectivity index (χ1v) is 8.15. The number of aliphatic hydroxyl groups is 1. The van der Waals surface area contributed by atoms with Crippen molar-refractivity contribution in [1.82, 2.24) is 4.98 Å². The first-order chi connectivity index (χ1) is 10.0. The van der Waals surface area contributed by atoms with Crippen molar-refractivity contribution < 1.29 is 5.11 Å². The van der Waals surface area contributed by atoms with Gasteiger partial charge in [-0.2, -0.15) is 0 Å². The molecule has 0 amide bonds. The van der Waals surface area contributed by atoms with E-state index in [0.29, 0.717) is 10.9 Å². The fourth-order valence-corrected chi connectivity index (χ4v) is 4.10. The number of thiocarbonyl (C=S) groups is 1. The Morgan fingerprint density at radius 2 is 2.29 bits per heavy atom. The van der Waals surface area contributed by atoms with Gasteiger partial charge in [0.2, 0.25) is 0 Å². The standard InChI is InChI=1S/C16H23N3OS/c1-11-5-8-18-15(13(11)14(17)21)19-9-7-16(20)6-3-2-4-12(16)10-19/h5,8,12,20H,2-4,6-7,9-10H2,1H3,(H2,17,21). The first-order valence-electron chi connectivity index (χ1n) is 7.74. The molecule has 1 saturated carbocycles. The lowest BCUT2D eigenvalue weighted by Gasteiger charge is -2.48. The van der Waals surface area contributed by atoms with Gasteiger partial charge in [-0.05, 0) is 37.8 Å². The van der Waals surface area contributed by atoms with E-state index in [1.165, 1.54) is 6.42 Å². The number of nitrogens with zero attached hydrogens (tertiary/aromatic N) is 2. The molecule has 2 atom stereocenters. The molecule has 2 heterocycles. The Kier molecular flexibility index (Phi) is 3.88. The van der Waals surface area contributed by atoms with Gasteiger partial charge in [-0.1, -0.05) is 25.1 Å². The van der Waals surface area contributed by atoms with E-state index in [2.05, 4.69) is 9.88 Å². The number of aryl methyl sites for hydroxylation is 1. The van der Waals surface area contributed by atoms with Crippen LogP contribution < -0.4 is 10.6 Å². The van der Waals surface area contributed by atoms with E-state index in [0.717, 1.165) is 55.7 Å². The predicted octanol–water partition coefficient (Wildman–Crippen LogP) is 2.16. The fraction of sp³-hybridized carbons (Fsp3) is 0.625. The summed E-state index contributed by atoms with van der Waals surface area (Å²) >= 11 is 5.20. The van der Waals surface area contributed by atoms with Crippen molar-refractivity contribution in [3.63, 3.8) is 0 Å². The number of nitrogens with two attached hydrogens (primary N) is 1. The van der Waals surface area contributed by atoms with Crippen LogP contribution in [0.4, 0.5) is 5.82 Å². The molecule has 5 heteroatoms. The lowest BCUT2D eigenvalue weighted by atomic mass is 9.71. The third-order valence-corrected chi connectivity index (χ3v) is 5.32. The Morgan fingerprint density at radius 1 is 1.48 bits per heavy atom. The summed E-state index contributed by atoms with van der Waals surface area (Å²) in [4.78, 5) is 7.18. The summed E-state index contributed by atoms with van der Waals surface area (Å²) < 4.78 is 0. The highest BCUT2D eigenvalue weighted by Gasteiger charge is 2.43. The second-order valence-corrected chi connectivity index (χ2v) is 6.87. The van der Waals surface area contributed by atoms with E-state index in [-0.39, 0.29) is 0 Å². The minimum atomic E-state index is -0.470. The number of rotatable bonds is 2. The molecule has 0 radical (unpaired) electrons. The smallest absolute Gasteiger partial charge is 0.139 e. The summed E-state index contributed by atoms with van der Waals surface area (Å²) in [6.07, 6.45) is 7.02. The first kappa shape index (κ1) is 14.7. The molecule has 1 aliphatic heterocycles. The highest BCUT2D eigenvalue weighted by molar-refractivity contribution is 7.80. The van der Waals surface area contributed by atoms with E-state index in [1.54, 1.807) is 0 Å². The third kappa shape index (κ3) is 2.64. The lowest BCUT2D eigenvalue weighted by molar-refractivity contribution is -0.0613. The van der Waals surface area contributed by atoms with Gasteiger partial charge in [0.1, 0.15) is 10.8 Å². The van der Waals surface area contributed by atoms with Crippen molar-refractivity contribution >= 4 is 23.0 Å².